The van der Waals surface area contributed by atoms with E-state index in [4.69, 9.17) is 10.7 Å². The molecule has 3 rings (SSSR count). The maximum Gasteiger partial charge on any atom is 0.169 e. The van der Waals surface area contributed by atoms with Crippen LogP contribution in [0.15, 0.2) is 29.4 Å². The highest BCUT2D eigenvalue weighted by atomic mass is 32.2. The van der Waals surface area contributed by atoms with E-state index in [0.717, 1.165) is 39.4 Å². The first-order valence-corrected chi connectivity index (χ1v) is 9.27. The van der Waals surface area contributed by atoms with Gasteiger partial charge in [0.2, 0.25) is 0 Å². The quantitative estimate of drug-likeness (QED) is 0.525. The van der Waals surface area contributed by atoms with Gasteiger partial charge in [-0.3, -0.25) is 0 Å². The Morgan fingerprint density at radius 1 is 1.22 bits per heavy atom. The van der Waals surface area contributed by atoms with Crippen LogP contribution in [0.3, 0.4) is 0 Å². The third kappa shape index (κ3) is 3.15. The first kappa shape index (κ1) is 16.1. The van der Waals surface area contributed by atoms with Crippen LogP contribution in [0, 0.1) is 5.92 Å². The Hall–Kier alpha value is -1.75. The number of pyridine rings is 1. The third-order valence-corrected chi connectivity index (χ3v) is 4.91. The smallest absolute Gasteiger partial charge is 0.169 e. The zero-order valence-electron chi connectivity index (χ0n) is 14.0. The summed E-state index contributed by atoms with van der Waals surface area (Å²) in [5.41, 5.74) is 9.09. The molecule has 5 heteroatoms. The van der Waals surface area contributed by atoms with E-state index in [1.165, 1.54) is 12.8 Å². The predicted molar refractivity (Wildman–Crippen MR) is 99.9 cm³/mol. The highest BCUT2D eigenvalue weighted by molar-refractivity contribution is 7.99. The molecular formula is C18H24N4S. The number of hydrogen-bond donors (Lipinski definition) is 1. The minimum atomic E-state index is 0.526. The van der Waals surface area contributed by atoms with Crippen molar-refractivity contribution < 1.29 is 0 Å². The fraction of sp³-hybridized carbons (Fsp3) is 0.444. The zero-order valence-corrected chi connectivity index (χ0v) is 14.9. The Morgan fingerprint density at radius 3 is 2.74 bits per heavy atom. The molecule has 2 heterocycles. The standard InChI is InChI=1S/C18H24N4S/c1-4-5-10-23-18-21-15-16(22(18)11-12(2)3)13-8-6-7-9-14(13)20-17(15)19/h6-9,12H,4-5,10-11H2,1-3H3,(H2,19,20). The van der Waals surface area contributed by atoms with Crippen molar-refractivity contribution >= 4 is 39.5 Å². The molecule has 0 aliphatic rings. The highest BCUT2D eigenvalue weighted by Crippen LogP contribution is 2.33. The van der Waals surface area contributed by atoms with E-state index in [-0.39, 0.29) is 0 Å². The highest BCUT2D eigenvalue weighted by Gasteiger charge is 2.18. The molecule has 122 valence electrons. The molecule has 0 saturated carbocycles. The van der Waals surface area contributed by atoms with Gasteiger partial charge in [0.1, 0.15) is 5.52 Å². The lowest BCUT2D eigenvalue weighted by atomic mass is 10.1. The molecule has 0 spiro atoms. The SMILES string of the molecule is CCCCSc1nc2c(N)nc3ccccc3c2n1CC(C)C. The van der Waals surface area contributed by atoms with Crippen LogP contribution in [0.25, 0.3) is 21.9 Å². The van der Waals surface area contributed by atoms with Crippen LogP contribution in [0.1, 0.15) is 33.6 Å². The summed E-state index contributed by atoms with van der Waals surface area (Å²) in [6.45, 7) is 7.63. The minimum absolute atomic E-state index is 0.526. The molecule has 1 aromatic carbocycles. The molecule has 0 unspecified atom stereocenters. The summed E-state index contributed by atoms with van der Waals surface area (Å²) in [5, 5.41) is 2.19. The van der Waals surface area contributed by atoms with Crippen molar-refractivity contribution in [3.63, 3.8) is 0 Å². The van der Waals surface area contributed by atoms with Gasteiger partial charge in [-0.2, -0.15) is 0 Å². The van der Waals surface area contributed by atoms with E-state index >= 15 is 0 Å². The lowest BCUT2D eigenvalue weighted by molar-refractivity contribution is 0.505. The van der Waals surface area contributed by atoms with Gasteiger partial charge in [-0.15, -0.1) is 0 Å². The fourth-order valence-corrected chi connectivity index (χ4v) is 3.88. The van der Waals surface area contributed by atoms with Gasteiger partial charge in [0.25, 0.3) is 0 Å². The summed E-state index contributed by atoms with van der Waals surface area (Å²) in [4.78, 5) is 9.35. The Kier molecular flexibility index (Phi) is 4.76. The van der Waals surface area contributed by atoms with Crippen molar-refractivity contribution in [1.82, 2.24) is 14.5 Å². The molecule has 2 aromatic heterocycles. The number of hydrogen-bond acceptors (Lipinski definition) is 4. The van der Waals surface area contributed by atoms with Crippen LogP contribution in [-0.2, 0) is 6.54 Å². The maximum atomic E-state index is 6.19. The molecule has 0 aliphatic heterocycles. The van der Waals surface area contributed by atoms with Gasteiger partial charge in [0.05, 0.1) is 11.0 Å². The topological polar surface area (TPSA) is 56.7 Å². The molecule has 0 bridgehead atoms. The van der Waals surface area contributed by atoms with Crippen molar-refractivity contribution in [1.29, 1.82) is 0 Å². The number of anilines is 1. The van der Waals surface area contributed by atoms with Crippen LogP contribution < -0.4 is 5.73 Å². The van der Waals surface area contributed by atoms with Crippen LogP contribution in [-0.4, -0.2) is 20.3 Å². The predicted octanol–water partition coefficient (Wildman–Crippen LogP) is 4.71. The van der Waals surface area contributed by atoms with Crippen LogP contribution in [0.2, 0.25) is 0 Å². The van der Waals surface area contributed by atoms with Gasteiger partial charge in [0.15, 0.2) is 11.0 Å². The van der Waals surface area contributed by atoms with E-state index in [1.807, 2.05) is 23.9 Å². The number of nitrogens with zero attached hydrogens (tertiary/aromatic N) is 3. The van der Waals surface area contributed by atoms with Crippen LogP contribution in [0.5, 0.6) is 0 Å². The van der Waals surface area contributed by atoms with Gasteiger partial charge in [-0.05, 0) is 18.4 Å². The number of unbranched alkanes of at least 4 members (excludes halogenated alkanes) is 1. The first-order chi connectivity index (χ1) is 11.1. The lowest BCUT2D eigenvalue weighted by Crippen LogP contribution is -2.06. The summed E-state index contributed by atoms with van der Waals surface area (Å²) >= 11 is 1.83. The molecule has 23 heavy (non-hydrogen) atoms. The number of nitrogen functional groups attached to an aromatic ring is 1. The Morgan fingerprint density at radius 2 is 2.00 bits per heavy atom. The molecule has 0 radical (unpaired) electrons. The van der Waals surface area contributed by atoms with E-state index in [9.17, 15) is 0 Å². The number of benzene rings is 1. The molecule has 0 saturated heterocycles. The molecule has 2 N–H and O–H groups in total. The summed E-state index contributed by atoms with van der Waals surface area (Å²) in [6, 6.07) is 8.18. The number of aromatic nitrogens is 3. The number of rotatable bonds is 6. The maximum absolute atomic E-state index is 6.19. The summed E-state index contributed by atoms with van der Waals surface area (Å²) in [5.74, 6) is 2.16. The van der Waals surface area contributed by atoms with Gasteiger partial charge < -0.3 is 10.3 Å². The molecule has 0 atom stereocenters. The fourth-order valence-electron chi connectivity index (χ4n) is 2.79. The van der Waals surface area contributed by atoms with E-state index in [0.29, 0.717) is 11.7 Å². The number of thioether (sulfide) groups is 1. The Bertz CT molecular complexity index is 823. The van der Waals surface area contributed by atoms with Crippen molar-refractivity contribution in [3.05, 3.63) is 24.3 Å². The van der Waals surface area contributed by atoms with Crippen molar-refractivity contribution in [2.45, 2.75) is 45.3 Å². The Balaban J connectivity index is 2.23. The van der Waals surface area contributed by atoms with E-state index in [1.54, 1.807) is 0 Å². The van der Waals surface area contributed by atoms with Crippen molar-refractivity contribution in [2.75, 3.05) is 11.5 Å². The van der Waals surface area contributed by atoms with Crippen molar-refractivity contribution in [2.24, 2.45) is 5.92 Å². The average molecular weight is 328 g/mol. The molecule has 0 fully saturated rings. The summed E-state index contributed by atoms with van der Waals surface area (Å²) in [6.07, 6.45) is 2.40. The van der Waals surface area contributed by atoms with E-state index in [2.05, 4.69) is 42.5 Å². The second-order valence-corrected chi connectivity index (χ2v) is 7.37. The summed E-state index contributed by atoms with van der Waals surface area (Å²) < 4.78 is 2.33. The molecule has 3 aromatic rings. The third-order valence-electron chi connectivity index (χ3n) is 3.85. The van der Waals surface area contributed by atoms with Crippen LogP contribution >= 0.6 is 11.8 Å². The average Bonchev–Trinajstić information content (AvgIpc) is 2.87. The molecule has 4 nitrogen and oxygen atoms in total. The summed E-state index contributed by atoms with van der Waals surface area (Å²) in [7, 11) is 0. The monoisotopic (exact) mass is 328 g/mol. The molecule has 0 amide bonds. The largest absolute Gasteiger partial charge is 0.382 e. The number of nitrogens with two attached hydrogens (primary N) is 1. The molecular weight excluding hydrogens is 304 g/mol. The van der Waals surface area contributed by atoms with Gasteiger partial charge >= 0.3 is 0 Å². The second kappa shape index (κ2) is 6.79. The zero-order chi connectivity index (χ0) is 16.4. The van der Waals surface area contributed by atoms with Gasteiger partial charge in [0, 0.05) is 17.7 Å². The molecule has 0 aliphatic carbocycles. The van der Waals surface area contributed by atoms with Gasteiger partial charge in [-0.25, -0.2) is 9.97 Å². The number of para-hydroxylation sites is 1. The van der Waals surface area contributed by atoms with Gasteiger partial charge in [-0.1, -0.05) is 57.2 Å². The first-order valence-electron chi connectivity index (χ1n) is 8.29. The second-order valence-electron chi connectivity index (χ2n) is 6.31. The van der Waals surface area contributed by atoms with Crippen LogP contribution in [0.4, 0.5) is 5.82 Å². The number of imidazole rings is 1. The Labute approximate surface area is 141 Å². The normalized spacial score (nSPS) is 11.8. The minimum Gasteiger partial charge on any atom is -0.382 e. The van der Waals surface area contributed by atoms with Crippen molar-refractivity contribution in [3.8, 4) is 0 Å². The van der Waals surface area contributed by atoms with E-state index < -0.39 is 0 Å². The number of fused-ring (bicyclic) bond motifs is 3. The lowest BCUT2D eigenvalue weighted by Gasteiger charge is -2.12.